The zero-order valence-corrected chi connectivity index (χ0v) is 8.45. The van der Waals surface area contributed by atoms with Crippen LogP contribution in [0.2, 0.25) is 0 Å². The Hall–Kier alpha value is 0.436. The van der Waals surface area contributed by atoms with Crippen LogP contribution in [0.1, 0.15) is 6.92 Å². The predicted molar refractivity (Wildman–Crippen MR) is 47.6 cm³/mol. The van der Waals surface area contributed by atoms with Crippen molar-refractivity contribution in [2.75, 3.05) is 0 Å². The van der Waals surface area contributed by atoms with E-state index in [-0.39, 0.29) is 21.5 Å². The van der Waals surface area contributed by atoms with Crippen LogP contribution in [0.3, 0.4) is 0 Å². The van der Waals surface area contributed by atoms with Gasteiger partial charge in [-0.15, -0.1) is 0 Å². The fourth-order valence-electron chi connectivity index (χ4n) is 0.791. The van der Waals surface area contributed by atoms with Crippen molar-refractivity contribution in [1.29, 1.82) is 0 Å². The summed E-state index contributed by atoms with van der Waals surface area (Å²) in [6.07, 6.45) is 18.2. The van der Waals surface area contributed by atoms with E-state index in [1.54, 1.807) is 0 Å². The van der Waals surface area contributed by atoms with Crippen molar-refractivity contribution in [3.05, 3.63) is 63.7 Å². The van der Waals surface area contributed by atoms with E-state index in [1.165, 1.54) is 5.92 Å². The molecule has 11 radical (unpaired) electrons. The maximum Gasteiger partial charge on any atom is 0 e. The van der Waals surface area contributed by atoms with E-state index >= 15 is 0 Å². The molecule has 0 bridgehead atoms. The normalized spacial score (nSPS) is 21.0. The molecule has 0 heterocycles. The van der Waals surface area contributed by atoms with Crippen molar-refractivity contribution >= 4 is 0 Å². The summed E-state index contributed by atoms with van der Waals surface area (Å²) in [7, 11) is 0. The van der Waals surface area contributed by atoms with Gasteiger partial charge in [-0.05, 0) is 63.7 Å². The SMILES string of the molecule is C[C]1[CH][CH][CH][CH]1.[CH]1[CH][CH][CH][CH]1.[Co].[F-]. The molecule has 0 aromatic carbocycles. The van der Waals surface area contributed by atoms with Gasteiger partial charge in [0.25, 0.3) is 0 Å². The molecule has 0 saturated heterocycles. The first-order valence-electron chi connectivity index (χ1n) is 3.74. The van der Waals surface area contributed by atoms with Gasteiger partial charge in [0.2, 0.25) is 0 Å². The molecule has 2 fully saturated rings. The predicted octanol–water partition coefficient (Wildman–Crippen LogP) is -0.566. The summed E-state index contributed by atoms with van der Waals surface area (Å²) in [6.45, 7) is 2.08. The molecule has 0 aromatic rings. The maximum absolute atomic E-state index is 2.08. The molecule has 2 rings (SSSR count). The number of hydrogen-bond donors (Lipinski definition) is 0. The second-order valence-electron chi connectivity index (χ2n) is 2.42. The van der Waals surface area contributed by atoms with Gasteiger partial charge in [-0.2, -0.15) is 0 Å². The zero-order chi connectivity index (χ0) is 7.94. The Morgan fingerprint density at radius 3 is 1.15 bits per heavy atom. The first-order chi connectivity index (χ1) is 5.39. The quantitative estimate of drug-likeness (QED) is 0.515. The second kappa shape index (κ2) is 10.5. The number of rotatable bonds is 0. The fraction of sp³-hybridized carbons (Fsp3) is 0.0909. The van der Waals surface area contributed by atoms with Crippen LogP contribution in [-0.4, -0.2) is 0 Å². The van der Waals surface area contributed by atoms with Crippen LogP contribution in [0.15, 0.2) is 0 Å². The molecular formula is C11H12CoF-. The van der Waals surface area contributed by atoms with Crippen LogP contribution in [0, 0.1) is 63.7 Å². The summed E-state index contributed by atoms with van der Waals surface area (Å²) in [4.78, 5) is 0. The average molecular weight is 222 g/mol. The van der Waals surface area contributed by atoms with E-state index in [1.807, 2.05) is 44.9 Å². The Bertz CT molecular complexity index is 78.5. The Morgan fingerprint density at radius 2 is 1.00 bits per heavy atom. The van der Waals surface area contributed by atoms with Crippen molar-refractivity contribution in [3.8, 4) is 0 Å². The smallest absolute Gasteiger partial charge is 0 e. The van der Waals surface area contributed by atoms with E-state index in [9.17, 15) is 0 Å². The molecule has 0 aliphatic heterocycles. The number of halogens is 1. The Kier molecular flexibility index (Phi) is 12.9. The average Bonchev–Trinajstić information content (AvgIpc) is 2.57. The molecule has 73 valence electrons. The van der Waals surface area contributed by atoms with Gasteiger partial charge in [-0.1, -0.05) is 6.92 Å². The second-order valence-corrected chi connectivity index (χ2v) is 2.42. The molecule has 2 aliphatic rings. The topological polar surface area (TPSA) is 0 Å². The van der Waals surface area contributed by atoms with Crippen LogP contribution in [0.4, 0.5) is 0 Å². The van der Waals surface area contributed by atoms with Gasteiger partial charge in [0, 0.05) is 16.8 Å². The van der Waals surface area contributed by atoms with Gasteiger partial charge >= 0.3 is 0 Å². The summed E-state index contributed by atoms with van der Waals surface area (Å²) in [6, 6.07) is 0. The third-order valence-corrected chi connectivity index (χ3v) is 1.38. The zero-order valence-electron chi connectivity index (χ0n) is 7.41. The molecule has 0 spiro atoms. The van der Waals surface area contributed by atoms with Gasteiger partial charge < -0.3 is 4.70 Å². The van der Waals surface area contributed by atoms with Crippen LogP contribution in [0.25, 0.3) is 0 Å². The van der Waals surface area contributed by atoms with E-state index in [2.05, 4.69) is 19.8 Å². The van der Waals surface area contributed by atoms with Gasteiger partial charge in [0.05, 0.1) is 0 Å². The summed E-state index contributed by atoms with van der Waals surface area (Å²) in [5.74, 6) is 1.34. The van der Waals surface area contributed by atoms with Gasteiger partial charge in [0.15, 0.2) is 0 Å². The maximum atomic E-state index is 2.08. The molecule has 2 saturated carbocycles. The molecule has 0 nitrogen and oxygen atoms in total. The molecule has 0 aromatic heterocycles. The minimum atomic E-state index is 0. The minimum absolute atomic E-state index is 0. The van der Waals surface area contributed by atoms with Gasteiger partial charge in [0.1, 0.15) is 0 Å². The first kappa shape index (κ1) is 15.9. The summed E-state index contributed by atoms with van der Waals surface area (Å²) in [5, 5.41) is 0. The molecule has 0 atom stereocenters. The third-order valence-electron chi connectivity index (χ3n) is 1.38. The van der Waals surface area contributed by atoms with Crippen LogP contribution < -0.4 is 4.70 Å². The van der Waals surface area contributed by atoms with Crippen molar-refractivity contribution in [3.63, 3.8) is 0 Å². The van der Waals surface area contributed by atoms with Gasteiger partial charge in [-0.25, -0.2) is 0 Å². The molecule has 0 unspecified atom stereocenters. The standard InChI is InChI=1S/C6H7.C5H5.Co.FH/c1-6-4-2-3-5-6;1-2-4-5-3-1;;/h2-5H,1H3;1-5H;;1H/p-1. The third kappa shape index (κ3) is 8.76. The molecule has 2 aliphatic carbocycles. The van der Waals surface area contributed by atoms with Crippen molar-refractivity contribution in [1.82, 2.24) is 0 Å². The summed E-state index contributed by atoms with van der Waals surface area (Å²) < 4.78 is 0. The van der Waals surface area contributed by atoms with Crippen LogP contribution in [0.5, 0.6) is 0 Å². The van der Waals surface area contributed by atoms with E-state index in [0.717, 1.165) is 0 Å². The van der Waals surface area contributed by atoms with Crippen LogP contribution >= 0.6 is 0 Å². The van der Waals surface area contributed by atoms with Crippen molar-refractivity contribution in [2.24, 2.45) is 0 Å². The molecule has 0 amide bonds. The molecule has 0 N–H and O–H groups in total. The van der Waals surface area contributed by atoms with E-state index in [4.69, 9.17) is 0 Å². The molecular weight excluding hydrogens is 210 g/mol. The van der Waals surface area contributed by atoms with Gasteiger partial charge in [-0.3, -0.25) is 0 Å². The van der Waals surface area contributed by atoms with E-state index in [0.29, 0.717) is 0 Å². The fourth-order valence-corrected chi connectivity index (χ4v) is 0.791. The number of hydrogen-bond acceptors (Lipinski definition) is 0. The Morgan fingerprint density at radius 1 is 0.692 bits per heavy atom. The van der Waals surface area contributed by atoms with Crippen molar-refractivity contribution < 1.29 is 21.5 Å². The van der Waals surface area contributed by atoms with E-state index < -0.39 is 0 Å². The van der Waals surface area contributed by atoms with Crippen LogP contribution in [-0.2, 0) is 16.8 Å². The van der Waals surface area contributed by atoms with Crippen molar-refractivity contribution in [2.45, 2.75) is 6.92 Å². The first-order valence-corrected chi connectivity index (χ1v) is 3.74. The minimum Gasteiger partial charge on any atom is -1.00 e. The largest absolute Gasteiger partial charge is 1.00 e. The Balaban J connectivity index is 0. The monoisotopic (exact) mass is 222 g/mol. The Labute approximate surface area is 92.4 Å². The molecule has 13 heavy (non-hydrogen) atoms. The summed E-state index contributed by atoms with van der Waals surface area (Å²) in [5.41, 5.74) is 0. The molecule has 2 heteroatoms. The summed E-state index contributed by atoms with van der Waals surface area (Å²) >= 11 is 0.